The van der Waals surface area contributed by atoms with Gasteiger partial charge in [0, 0.05) is 58.0 Å². The van der Waals surface area contributed by atoms with E-state index in [1.165, 1.54) is 6.20 Å². The van der Waals surface area contributed by atoms with E-state index >= 15 is 0 Å². The van der Waals surface area contributed by atoms with Crippen molar-refractivity contribution in [2.45, 2.75) is 90.5 Å². The first kappa shape index (κ1) is 42.6. The number of nitrogen functional groups attached to an aromatic ring is 1. The molecule has 4 N–H and O–H groups in total. The van der Waals surface area contributed by atoms with E-state index in [4.69, 9.17) is 16.6 Å². The molecule has 6 rings (SSSR count). The van der Waals surface area contributed by atoms with Gasteiger partial charge >= 0.3 is 17.9 Å². The second-order valence-corrected chi connectivity index (χ2v) is 17.3. The molecule has 0 radical (unpaired) electrons. The van der Waals surface area contributed by atoms with Crippen molar-refractivity contribution in [3.63, 3.8) is 0 Å². The van der Waals surface area contributed by atoms with E-state index in [-0.39, 0.29) is 30.0 Å². The summed E-state index contributed by atoms with van der Waals surface area (Å²) in [7, 11) is -1.00. The molecule has 56 heavy (non-hydrogen) atoms. The van der Waals surface area contributed by atoms with Crippen molar-refractivity contribution >= 4 is 88.6 Å². The van der Waals surface area contributed by atoms with Gasteiger partial charge in [0.2, 0.25) is 0 Å². The number of rotatable bonds is 5. The summed E-state index contributed by atoms with van der Waals surface area (Å²) in [5.74, 6) is 0. The molecule has 0 bridgehead atoms. The number of ether oxygens (including phenoxy) is 2. The van der Waals surface area contributed by atoms with Gasteiger partial charge in [0.1, 0.15) is 23.1 Å². The minimum Gasteiger partial charge on any atom is -0.444 e. The zero-order valence-electron chi connectivity index (χ0n) is 33.5. The second kappa shape index (κ2) is 19.1. The van der Waals surface area contributed by atoms with Crippen molar-refractivity contribution in [3.8, 4) is 0 Å². The van der Waals surface area contributed by atoms with Crippen LogP contribution in [0, 0.1) is 10.1 Å². The van der Waals surface area contributed by atoms with Crippen molar-refractivity contribution in [1.82, 2.24) is 19.8 Å². The first-order valence-corrected chi connectivity index (χ1v) is 19.8. The number of nitro groups is 1. The molecule has 2 unspecified atom stereocenters. The maximum Gasteiger partial charge on any atom is 0.410 e. The van der Waals surface area contributed by atoms with Crippen LogP contribution in [0.5, 0.6) is 0 Å². The number of amides is 2. The topological polar surface area (TPSA) is 178 Å². The Kier molecular flexibility index (Phi) is 14.5. The lowest BCUT2D eigenvalue weighted by molar-refractivity contribution is -0.384. The number of carbonyl (C=O) groups excluding carboxylic acids is 2. The molecule has 0 spiro atoms. The number of alkyl halides is 1. The minimum atomic E-state index is -1.00. The van der Waals surface area contributed by atoms with E-state index in [0.29, 0.717) is 48.5 Å². The molecule has 2 aliphatic rings. The smallest absolute Gasteiger partial charge is 0.410 e. The van der Waals surface area contributed by atoms with Gasteiger partial charge in [-0.2, -0.15) is 0 Å². The van der Waals surface area contributed by atoms with Gasteiger partial charge in [0.15, 0.2) is 0 Å². The highest BCUT2D eigenvalue weighted by Gasteiger charge is 2.30. The van der Waals surface area contributed by atoms with E-state index in [0.717, 1.165) is 51.2 Å². The van der Waals surface area contributed by atoms with Crippen LogP contribution in [-0.4, -0.2) is 93.5 Å². The van der Waals surface area contributed by atoms with E-state index < -0.39 is 23.3 Å². The molecule has 4 heterocycles. The van der Waals surface area contributed by atoms with Crippen LogP contribution in [0.2, 0.25) is 0 Å². The largest absolute Gasteiger partial charge is 0.444 e. The highest BCUT2D eigenvalue weighted by atomic mass is 79.9. The quantitative estimate of drug-likeness (QED) is 0.128. The highest BCUT2D eigenvalue weighted by Crippen LogP contribution is 2.35. The first-order chi connectivity index (χ1) is 26.8. The fourth-order valence-corrected chi connectivity index (χ4v) is 7.09. The summed E-state index contributed by atoms with van der Waals surface area (Å²) in [6, 6.07) is 11.4. The lowest BCUT2D eigenvalue weighted by Crippen LogP contribution is -2.47. The second-order valence-electron chi connectivity index (χ2n) is 15.5. The summed E-state index contributed by atoms with van der Waals surface area (Å²) >= 11 is 6.92. The minimum absolute atomic E-state index is 0.0833. The number of nitrogens with zero attached hydrogens (tertiary/aromatic N) is 5. The number of carbonyl (C=O) groups is 2. The standard InChI is InChI=1S/C19H23BrN4O4.C19H25BrN4O2.CH3F/c1-19(2,3)28-18(25)23-8-4-5-13(11-23)22-17-14-9-12(20)6-7-15(14)21-10-16(17)24(26)27;1-19(2,3)26-18(25)24-8-4-5-13(11-24)23-17-14-9-12(20)6-7-16(14)22-10-15(17)21;1-2/h6-7,9-10,13H,4-5,8,11H2,1-3H3,(H,21,22);6-7,9-10,13H,4-5,8,11,21H2,1-3H3,(H,22,23);1H3/i;;1D. The fraction of sp³-hybridized carbons (Fsp3) is 0.487. The Bertz CT molecular complexity index is 2050. The van der Waals surface area contributed by atoms with Crippen LogP contribution in [0.1, 0.15) is 68.6 Å². The third kappa shape index (κ3) is 12.2. The number of nitrogens with one attached hydrogen (secondary N) is 2. The van der Waals surface area contributed by atoms with Crippen LogP contribution < -0.4 is 16.4 Å². The summed E-state index contributed by atoms with van der Waals surface area (Å²) in [6.07, 6.45) is 5.79. The Morgan fingerprint density at radius 3 is 1.73 bits per heavy atom. The Morgan fingerprint density at radius 2 is 1.29 bits per heavy atom. The van der Waals surface area contributed by atoms with Gasteiger partial charge in [-0.25, -0.2) is 14.6 Å². The molecule has 0 aliphatic carbocycles. The molecular weight excluding hydrogens is 855 g/mol. The Labute approximate surface area is 344 Å². The van der Waals surface area contributed by atoms with E-state index in [1.807, 2.05) is 77.9 Å². The molecule has 2 aliphatic heterocycles. The number of anilines is 3. The number of hydrogen-bond acceptors (Lipinski definition) is 11. The van der Waals surface area contributed by atoms with Crippen LogP contribution in [0.3, 0.4) is 0 Å². The molecular formula is C39H51Br2FN8O6. The van der Waals surface area contributed by atoms with Gasteiger partial charge in [-0.1, -0.05) is 31.9 Å². The number of likely N-dealkylation sites (tertiary alicyclic amines) is 2. The average Bonchev–Trinajstić information content (AvgIpc) is 3.12. The van der Waals surface area contributed by atoms with Gasteiger partial charge in [-0.15, -0.1) is 0 Å². The highest BCUT2D eigenvalue weighted by molar-refractivity contribution is 9.10. The number of aromatic nitrogens is 2. The Hall–Kier alpha value is -4.51. The normalized spacial score (nSPS) is 17.4. The number of fused-ring (bicyclic) bond motifs is 2. The number of halogens is 3. The lowest BCUT2D eigenvalue weighted by Gasteiger charge is -2.35. The summed E-state index contributed by atoms with van der Waals surface area (Å²) in [5, 5.41) is 20.0. The summed E-state index contributed by atoms with van der Waals surface area (Å²) < 4.78 is 28.2. The summed E-state index contributed by atoms with van der Waals surface area (Å²) in [6.45, 7) is 13.5. The molecule has 0 saturated carbocycles. The maximum atomic E-state index is 12.4. The molecule has 2 aromatic heterocycles. The molecule has 2 saturated heterocycles. The molecule has 4 aromatic rings. The average molecular weight is 908 g/mol. The summed E-state index contributed by atoms with van der Waals surface area (Å²) in [5.41, 5.74) is 8.48. The number of hydrogen-bond donors (Lipinski definition) is 3. The molecule has 2 aromatic carbocycles. The molecule has 2 fully saturated rings. The molecule has 304 valence electrons. The van der Waals surface area contributed by atoms with Crippen molar-refractivity contribution in [2.24, 2.45) is 0 Å². The third-order valence-corrected chi connectivity index (χ3v) is 9.70. The monoisotopic (exact) mass is 905 g/mol. The first-order valence-electron chi connectivity index (χ1n) is 18.9. The van der Waals surface area contributed by atoms with Crippen LogP contribution >= 0.6 is 31.9 Å². The van der Waals surface area contributed by atoms with Crippen LogP contribution in [0.4, 0.5) is 36.7 Å². The Balaban J connectivity index is 0.000000237. The number of benzene rings is 2. The van der Waals surface area contributed by atoms with Crippen molar-refractivity contribution in [3.05, 3.63) is 67.9 Å². The van der Waals surface area contributed by atoms with Gasteiger partial charge in [0.25, 0.3) is 0 Å². The zero-order chi connectivity index (χ0) is 42.1. The zero-order valence-corrected chi connectivity index (χ0v) is 35.7. The van der Waals surface area contributed by atoms with E-state index in [9.17, 15) is 24.1 Å². The van der Waals surface area contributed by atoms with Gasteiger partial charge in [-0.05, 0) is 104 Å². The molecule has 2 amide bonds. The fourth-order valence-electron chi connectivity index (χ4n) is 6.37. The summed E-state index contributed by atoms with van der Waals surface area (Å²) in [4.78, 5) is 47.9. The molecule has 14 nitrogen and oxygen atoms in total. The Morgan fingerprint density at radius 1 is 0.857 bits per heavy atom. The van der Waals surface area contributed by atoms with Crippen molar-refractivity contribution in [1.29, 1.82) is 0 Å². The number of nitrogens with two attached hydrogens (primary N) is 1. The SMILES string of the molecule is CC(C)(C)OC(=O)N1CCCC(Nc2c(N)cnc3ccc(Br)cc23)C1.CC(C)(C)OC(=O)N1CCCC(Nc2c([N+](=O)[O-])cnc3ccc(Br)cc23)C1.[2H]CF. The van der Waals surface area contributed by atoms with Crippen molar-refractivity contribution in [2.75, 3.05) is 49.7 Å². The predicted molar refractivity (Wildman–Crippen MR) is 226 cm³/mol. The number of pyridine rings is 2. The van der Waals surface area contributed by atoms with Crippen LogP contribution in [0.25, 0.3) is 21.8 Å². The number of piperidine rings is 2. The van der Waals surface area contributed by atoms with Crippen LogP contribution in [0.15, 0.2) is 57.7 Å². The van der Waals surface area contributed by atoms with Crippen molar-refractivity contribution < 1.29 is 29.7 Å². The van der Waals surface area contributed by atoms with Gasteiger partial charge < -0.3 is 35.6 Å². The van der Waals surface area contributed by atoms with E-state index in [2.05, 4.69) is 52.5 Å². The third-order valence-electron chi connectivity index (χ3n) is 8.71. The van der Waals surface area contributed by atoms with Crippen LogP contribution in [-0.2, 0) is 9.47 Å². The molecule has 17 heteroatoms. The maximum absolute atomic E-state index is 12.4. The predicted octanol–water partition coefficient (Wildman–Crippen LogP) is 9.69. The van der Waals surface area contributed by atoms with Gasteiger partial charge in [-0.3, -0.25) is 19.5 Å². The molecule has 2 atom stereocenters. The lowest BCUT2D eigenvalue weighted by atomic mass is 10.0. The van der Waals surface area contributed by atoms with Gasteiger partial charge in [0.05, 0.1) is 42.1 Å². The van der Waals surface area contributed by atoms with E-state index in [1.54, 1.807) is 16.0 Å².